The summed E-state index contributed by atoms with van der Waals surface area (Å²) in [5, 5.41) is 13.2. The van der Waals surface area contributed by atoms with E-state index in [1.54, 1.807) is 13.0 Å². The molecule has 0 spiro atoms. The largest absolute Gasteiger partial charge is 0.317 e. The third-order valence-electron chi connectivity index (χ3n) is 2.25. The summed E-state index contributed by atoms with van der Waals surface area (Å²) in [4.78, 5) is 21.4. The number of nitro groups is 1. The number of nitro benzene ring substituents is 1. The Morgan fingerprint density at radius 2 is 2.00 bits per heavy atom. The second kappa shape index (κ2) is 4.57. The lowest BCUT2D eigenvalue weighted by molar-refractivity contribution is -0.384. The number of amides is 1. The van der Waals surface area contributed by atoms with Crippen LogP contribution in [-0.4, -0.2) is 10.8 Å². The highest BCUT2D eigenvalue weighted by molar-refractivity contribution is 6.00. The summed E-state index contributed by atoms with van der Waals surface area (Å²) >= 11 is 0. The molecule has 0 unspecified atom stereocenters. The van der Waals surface area contributed by atoms with E-state index in [1.165, 1.54) is 6.07 Å². The van der Waals surface area contributed by atoms with Crippen LogP contribution in [0.15, 0.2) is 24.8 Å². The molecule has 0 aliphatic rings. The van der Waals surface area contributed by atoms with Crippen molar-refractivity contribution in [2.75, 3.05) is 5.32 Å². The normalized spacial score (nSPS) is 9.62. The predicted octanol–water partition coefficient (Wildman–Crippen LogP) is 2.34. The number of nitrogens with one attached hydrogen (secondary N) is 1. The van der Waals surface area contributed by atoms with Crippen molar-refractivity contribution >= 4 is 17.3 Å². The number of hydrogen-bond donors (Lipinski definition) is 1. The number of carbonyl (C=O) groups is 1. The second-order valence-electron chi connectivity index (χ2n) is 3.40. The number of carbonyl (C=O) groups excluding carboxylic acids is 1. The van der Waals surface area contributed by atoms with Gasteiger partial charge in [-0.2, -0.15) is 0 Å². The van der Waals surface area contributed by atoms with E-state index in [4.69, 9.17) is 0 Å². The van der Waals surface area contributed by atoms with E-state index >= 15 is 0 Å². The fourth-order valence-electron chi connectivity index (χ4n) is 1.24. The molecular weight excluding hydrogens is 208 g/mol. The Labute approximate surface area is 92.9 Å². The van der Waals surface area contributed by atoms with Gasteiger partial charge in [-0.15, -0.1) is 0 Å². The molecule has 5 nitrogen and oxygen atoms in total. The Morgan fingerprint density at radius 1 is 1.44 bits per heavy atom. The van der Waals surface area contributed by atoms with Gasteiger partial charge in [-0.25, -0.2) is 0 Å². The Kier molecular flexibility index (Phi) is 3.40. The molecule has 0 radical (unpaired) electrons. The van der Waals surface area contributed by atoms with Crippen LogP contribution in [0.5, 0.6) is 0 Å². The first-order chi connectivity index (χ1) is 7.45. The van der Waals surface area contributed by atoms with Gasteiger partial charge in [-0.05, 0) is 37.1 Å². The zero-order valence-corrected chi connectivity index (χ0v) is 9.11. The van der Waals surface area contributed by atoms with Crippen LogP contribution in [0, 0.1) is 24.0 Å². The van der Waals surface area contributed by atoms with Crippen LogP contribution in [0.4, 0.5) is 11.4 Å². The van der Waals surface area contributed by atoms with Crippen molar-refractivity contribution in [1.82, 2.24) is 0 Å². The summed E-state index contributed by atoms with van der Waals surface area (Å²) in [6.45, 7) is 6.89. The smallest absolute Gasteiger partial charge is 0.293 e. The van der Waals surface area contributed by atoms with Crippen LogP contribution in [0.1, 0.15) is 11.1 Å². The maximum absolute atomic E-state index is 11.1. The van der Waals surface area contributed by atoms with Crippen molar-refractivity contribution in [2.24, 2.45) is 0 Å². The molecule has 0 heterocycles. The Morgan fingerprint density at radius 3 is 2.50 bits per heavy atom. The van der Waals surface area contributed by atoms with Crippen LogP contribution in [0.2, 0.25) is 0 Å². The highest BCUT2D eigenvalue weighted by atomic mass is 16.6. The van der Waals surface area contributed by atoms with Gasteiger partial charge in [-0.1, -0.05) is 6.58 Å². The minimum atomic E-state index is -0.523. The van der Waals surface area contributed by atoms with Gasteiger partial charge < -0.3 is 5.32 Å². The summed E-state index contributed by atoms with van der Waals surface area (Å²) in [5.41, 5.74) is 1.77. The van der Waals surface area contributed by atoms with Crippen molar-refractivity contribution in [1.29, 1.82) is 0 Å². The molecule has 0 aliphatic carbocycles. The van der Waals surface area contributed by atoms with Gasteiger partial charge >= 0.3 is 0 Å². The number of anilines is 1. The van der Waals surface area contributed by atoms with Crippen LogP contribution in [0.25, 0.3) is 0 Å². The van der Waals surface area contributed by atoms with Gasteiger partial charge in [-0.3, -0.25) is 14.9 Å². The van der Waals surface area contributed by atoms with Crippen molar-refractivity contribution in [3.05, 3.63) is 46.0 Å². The highest BCUT2D eigenvalue weighted by Crippen LogP contribution is 2.27. The van der Waals surface area contributed by atoms with E-state index in [-0.39, 0.29) is 11.4 Å². The molecule has 1 N–H and O–H groups in total. The van der Waals surface area contributed by atoms with E-state index in [0.717, 1.165) is 17.2 Å². The number of nitrogens with zero attached hydrogens (tertiary/aromatic N) is 1. The minimum absolute atomic E-state index is 0.113. The summed E-state index contributed by atoms with van der Waals surface area (Å²) in [6, 6.07) is 3.02. The van der Waals surface area contributed by atoms with Gasteiger partial charge in [0, 0.05) is 6.07 Å². The molecule has 0 aromatic heterocycles. The standard InChI is InChI=1S/C11H12N2O3/c1-4-11(14)12-9-5-7(2)8(3)6-10(9)13(15)16/h4-6H,1H2,2-3H3,(H,12,14). The predicted molar refractivity (Wildman–Crippen MR) is 61.4 cm³/mol. The molecule has 1 aromatic carbocycles. The molecule has 1 rings (SSSR count). The number of hydrogen-bond acceptors (Lipinski definition) is 3. The first kappa shape index (κ1) is 11.9. The molecule has 0 fully saturated rings. The molecule has 84 valence electrons. The van der Waals surface area contributed by atoms with Crippen LogP contribution >= 0.6 is 0 Å². The lowest BCUT2D eigenvalue weighted by Gasteiger charge is -2.07. The van der Waals surface area contributed by atoms with E-state index in [1.807, 2.05) is 6.92 Å². The van der Waals surface area contributed by atoms with Crippen molar-refractivity contribution < 1.29 is 9.72 Å². The quantitative estimate of drug-likeness (QED) is 0.482. The zero-order chi connectivity index (χ0) is 12.3. The fourth-order valence-corrected chi connectivity index (χ4v) is 1.24. The monoisotopic (exact) mass is 220 g/mol. The third kappa shape index (κ3) is 2.44. The zero-order valence-electron chi connectivity index (χ0n) is 9.11. The van der Waals surface area contributed by atoms with Gasteiger partial charge in [0.05, 0.1) is 4.92 Å². The van der Waals surface area contributed by atoms with Crippen molar-refractivity contribution in [3.63, 3.8) is 0 Å². The molecule has 0 saturated carbocycles. The Balaban J connectivity index is 3.24. The molecule has 0 saturated heterocycles. The third-order valence-corrected chi connectivity index (χ3v) is 2.25. The lowest BCUT2D eigenvalue weighted by atomic mass is 10.1. The molecule has 1 amide bonds. The molecule has 16 heavy (non-hydrogen) atoms. The second-order valence-corrected chi connectivity index (χ2v) is 3.40. The molecule has 0 atom stereocenters. The van der Waals surface area contributed by atoms with E-state index < -0.39 is 10.8 Å². The first-order valence-corrected chi connectivity index (χ1v) is 4.64. The average molecular weight is 220 g/mol. The number of rotatable bonds is 3. The molecule has 1 aromatic rings. The van der Waals surface area contributed by atoms with Crippen molar-refractivity contribution in [2.45, 2.75) is 13.8 Å². The maximum atomic E-state index is 11.1. The van der Waals surface area contributed by atoms with Gasteiger partial charge in [0.15, 0.2) is 0 Å². The fraction of sp³-hybridized carbons (Fsp3) is 0.182. The summed E-state index contributed by atoms with van der Waals surface area (Å²) in [5.74, 6) is -0.466. The lowest BCUT2D eigenvalue weighted by Crippen LogP contribution is -2.09. The first-order valence-electron chi connectivity index (χ1n) is 4.64. The summed E-state index contributed by atoms with van der Waals surface area (Å²) in [7, 11) is 0. The SMILES string of the molecule is C=CC(=O)Nc1cc(C)c(C)cc1[N+](=O)[O-]. The van der Waals surface area contributed by atoms with Crippen LogP contribution in [0.3, 0.4) is 0 Å². The van der Waals surface area contributed by atoms with Gasteiger partial charge in [0.25, 0.3) is 5.69 Å². The minimum Gasteiger partial charge on any atom is -0.317 e. The summed E-state index contributed by atoms with van der Waals surface area (Å²) in [6.07, 6.45) is 1.07. The highest BCUT2D eigenvalue weighted by Gasteiger charge is 2.16. The topological polar surface area (TPSA) is 72.2 Å². The Hall–Kier alpha value is -2.17. The molecular formula is C11H12N2O3. The maximum Gasteiger partial charge on any atom is 0.293 e. The summed E-state index contributed by atoms with van der Waals surface area (Å²) < 4.78 is 0. The molecule has 5 heteroatoms. The van der Waals surface area contributed by atoms with Gasteiger partial charge in [0.2, 0.25) is 5.91 Å². The average Bonchev–Trinajstić information content (AvgIpc) is 2.22. The van der Waals surface area contributed by atoms with Crippen molar-refractivity contribution in [3.8, 4) is 0 Å². The molecule has 0 aliphatic heterocycles. The Bertz CT molecular complexity index is 467. The number of benzene rings is 1. The van der Waals surface area contributed by atoms with Crippen LogP contribution < -0.4 is 5.32 Å². The number of aryl methyl sites for hydroxylation is 2. The van der Waals surface area contributed by atoms with E-state index in [2.05, 4.69) is 11.9 Å². The van der Waals surface area contributed by atoms with E-state index in [0.29, 0.717) is 0 Å². The molecule has 0 bridgehead atoms. The van der Waals surface area contributed by atoms with E-state index in [9.17, 15) is 14.9 Å². The van der Waals surface area contributed by atoms with Crippen LogP contribution in [-0.2, 0) is 4.79 Å². The van der Waals surface area contributed by atoms with Gasteiger partial charge in [0.1, 0.15) is 5.69 Å².